The van der Waals surface area contributed by atoms with E-state index in [2.05, 4.69) is 10.3 Å². The number of nitrogens with zero attached hydrogens (tertiary/aromatic N) is 1. The van der Waals surface area contributed by atoms with E-state index in [9.17, 15) is 9.59 Å². The molecule has 0 saturated heterocycles. The largest absolute Gasteiger partial charge is 0.493 e. The van der Waals surface area contributed by atoms with Crippen LogP contribution in [-0.4, -0.2) is 37.8 Å². The van der Waals surface area contributed by atoms with Crippen LogP contribution in [0.1, 0.15) is 33.9 Å². The number of Topliss-reactive ketones (excluding diaryl/α,β-unsaturated/α-hetero) is 1. The first-order valence-electron chi connectivity index (χ1n) is 8.93. The van der Waals surface area contributed by atoms with Crippen molar-refractivity contribution in [2.45, 2.75) is 12.5 Å². The van der Waals surface area contributed by atoms with Crippen LogP contribution >= 0.6 is 0 Å². The summed E-state index contributed by atoms with van der Waals surface area (Å²) in [6, 6.07) is 13.9. The molecular weight excluding hydrogens is 344 g/mol. The average molecular weight is 364 g/mol. The van der Waals surface area contributed by atoms with Gasteiger partial charge in [0.15, 0.2) is 5.78 Å². The number of urea groups is 1. The van der Waals surface area contributed by atoms with Gasteiger partial charge in [-0.3, -0.25) is 4.79 Å². The summed E-state index contributed by atoms with van der Waals surface area (Å²) in [7, 11) is 1.65. The molecule has 0 fully saturated rings. The van der Waals surface area contributed by atoms with Gasteiger partial charge in [-0.25, -0.2) is 4.79 Å². The number of hydrogen-bond donors (Lipinski definition) is 1. The molecule has 1 N–H and O–H groups in total. The van der Waals surface area contributed by atoms with E-state index in [1.54, 1.807) is 13.2 Å². The van der Waals surface area contributed by atoms with Gasteiger partial charge in [-0.2, -0.15) is 4.99 Å². The van der Waals surface area contributed by atoms with E-state index in [0.717, 1.165) is 17.5 Å². The van der Waals surface area contributed by atoms with Gasteiger partial charge >= 0.3 is 6.03 Å². The molecule has 0 saturated carbocycles. The lowest BCUT2D eigenvalue weighted by Gasteiger charge is -2.28. The highest BCUT2D eigenvalue weighted by molar-refractivity contribution is 6.31. The molecule has 2 unspecified atom stereocenters. The Balaban J connectivity index is 1.63. The molecule has 1 aliphatic carbocycles. The average Bonchev–Trinajstić information content (AvgIpc) is 2.97. The molecule has 2 amide bonds. The van der Waals surface area contributed by atoms with Crippen molar-refractivity contribution in [1.29, 1.82) is 0 Å². The Morgan fingerprint density at radius 1 is 1.04 bits per heavy atom. The predicted octanol–water partition coefficient (Wildman–Crippen LogP) is 3.17. The van der Waals surface area contributed by atoms with Crippen molar-refractivity contribution in [1.82, 2.24) is 5.32 Å². The van der Waals surface area contributed by atoms with Gasteiger partial charge in [-0.05, 0) is 17.7 Å². The monoisotopic (exact) mass is 364 g/mol. The minimum Gasteiger partial charge on any atom is -0.493 e. The normalized spacial score (nSPS) is 20.6. The molecule has 0 radical (unpaired) electrons. The van der Waals surface area contributed by atoms with Crippen LogP contribution < -0.4 is 10.1 Å². The molecule has 2 aromatic rings. The zero-order valence-electron chi connectivity index (χ0n) is 15.0. The van der Waals surface area contributed by atoms with E-state index in [1.165, 1.54) is 0 Å². The first-order valence-corrected chi connectivity index (χ1v) is 8.93. The molecule has 1 heterocycles. The second kappa shape index (κ2) is 7.32. The summed E-state index contributed by atoms with van der Waals surface area (Å²) >= 11 is 0. The molecule has 4 rings (SSSR count). The van der Waals surface area contributed by atoms with Crippen LogP contribution in [0.15, 0.2) is 53.5 Å². The number of benzene rings is 2. The highest BCUT2D eigenvalue weighted by Crippen LogP contribution is 2.38. The fourth-order valence-electron chi connectivity index (χ4n) is 3.64. The van der Waals surface area contributed by atoms with E-state index in [4.69, 9.17) is 9.47 Å². The summed E-state index contributed by atoms with van der Waals surface area (Å²) < 4.78 is 10.8. The van der Waals surface area contributed by atoms with Crippen LogP contribution in [0, 0.1) is 5.92 Å². The molecule has 2 aliphatic rings. The Morgan fingerprint density at radius 2 is 1.85 bits per heavy atom. The Bertz CT molecular complexity index is 922. The summed E-state index contributed by atoms with van der Waals surface area (Å²) in [6.45, 7) is 1.17. The number of ketones is 1. The van der Waals surface area contributed by atoms with E-state index in [-0.39, 0.29) is 5.78 Å². The zero-order chi connectivity index (χ0) is 18.8. The van der Waals surface area contributed by atoms with Crippen LogP contribution in [0.4, 0.5) is 4.79 Å². The molecular formula is C21H20N2O4. The van der Waals surface area contributed by atoms with E-state index >= 15 is 0 Å². The van der Waals surface area contributed by atoms with Crippen molar-refractivity contribution >= 4 is 17.5 Å². The smallest absolute Gasteiger partial charge is 0.341 e. The molecule has 0 bridgehead atoms. The van der Waals surface area contributed by atoms with Crippen LogP contribution in [0.5, 0.6) is 5.75 Å². The standard InChI is InChI=1S/C21H20N2O4/c1-26-10-5-11-27-14-7-4-6-13(12-14)18-17-19(23-21(25)22-18)15-8-2-3-9-16(15)20(17)24/h2-4,6-9,12,17-18H,5,10-11H2,1H3,(H,22,25). The summed E-state index contributed by atoms with van der Waals surface area (Å²) in [5.74, 6) is 0.175. The van der Waals surface area contributed by atoms with E-state index in [1.807, 2.05) is 42.5 Å². The topological polar surface area (TPSA) is 77.0 Å². The number of methoxy groups -OCH3 is 1. The minimum absolute atomic E-state index is 0.0132. The van der Waals surface area contributed by atoms with Crippen LogP contribution in [0.3, 0.4) is 0 Å². The second-order valence-corrected chi connectivity index (χ2v) is 6.58. The van der Waals surface area contributed by atoms with Crippen molar-refractivity contribution < 1.29 is 19.1 Å². The third-order valence-electron chi connectivity index (χ3n) is 4.86. The molecule has 0 spiro atoms. The Morgan fingerprint density at radius 3 is 2.67 bits per heavy atom. The number of hydrogen-bond acceptors (Lipinski definition) is 4. The molecule has 27 heavy (non-hydrogen) atoms. The SMILES string of the molecule is COCCCOc1cccc(C2NC(=O)N=C3c4ccccc4C(=O)C32)c1. The number of carbonyl (C=O) groups is 2. The number of ether oxygens (including phenoxy) is 2. The highest BCUT2D eigenvalue weighted by Gasteiger charge is 2.45. The quantitative estimate of drug-likeness (QED) is 0.799. The number of nitrogens with one attached hydrogen (secondary N) is 1. The van der Waals surface area contributed by atoms with E-state index < -0.39 is 18.0 Å². The van der Waals surface area contributed by atoms with Gasteiger partial charge in [0.05, 0.1) is 24.3 Å². The lowest BCUT2D eigenvalue weighted by atomic mass is 9.87. The minimum atomic E-state index is -0.510. The summed E-state index contributed by atoms with van der Waals surface area (Å²) in [6.07, 6.45) is 0.786. The molecule has 2 aromatic carbocycles. The summed E-state index contributed by atoms with van der Waals surface area (Å²) in [4.78, 5) is 29.3. The van der Waals surface area contributed by atoms with Crippen molar-refractivity contribution in [3.8, 4) is 5.75 Å². The Hall–Kier alpha value is -2.99. The lowest BCUT2D eigenvalue weighted by molar-refractivity contribution is 0.0941. The number of amides is 2. The van der Waals surface area contributed by atoms with E-state index in [0.29, 0.717) is 30.2 Å². The molecule has 6 nitrogen and oxygen atoms in total. The van der Waals surface area contributed by atoms with Crippen molar-refractivity contribution in [2.24, 2.45) is 10.9 Å². The Labute approximate surface area is 157 Å². The fourth-order valence-corrected chi connectivity index (χ4v) is 3.64. The van der Waals surface area contributed by atoms with Gasteiger partial charge in [-0.15, -0.1) is 0 Å². The van der Waals surface area contributed by atoms with Crippen LogP contribution in [0.25, 0.3) is 0 Å². The van der Waals surface area contributed by atoms with Gasteiger partial charge in [0.1, 0.15) is 5.75 Å². The maximum atomic E-state index is 13.0. The number of aliphatic imine (C=N–C) groups is 1. The maximum Gasteiger partial charge on any atom is 0.341 e. The lowest BCUT2D eigenvalue weighted by Crippen LogP contribution is -2.41. The second-order valence-electron chi connectivity index (χ2n) is 6.58. The van der Waals surface area contributed by atoms with Crippen molar-refractivity contribution in [3.63, 3.8) is 0 Å². The predicted molar refractivity (Wildman–Crippen MR) is 101 cm³/mol. The number of carbonyl (C=O) groups excluding carboxylic acids is 2. The molecule has 0 aromatic heterocycles. The third kappa shape index (κ3) is 3.24. The number of fused-ring (bicyclic) bond motifs is 3. The van der Waals surface area contributed by atoms with Gasteiger partial charge < -0.3 is 14.8 Å². The van der Waals surface area contributed by atoms with Crippen molar-refractivity contribution in [2.75, 3.05) is 20.3 Å². The van der Waals surface area contributed by atoms with Gasteiger partial charge in [-0.1, -0.05) is 36.4 Å². The van der Waals surface area contributed by atoms with Crippen LogP contribution in [0.2, 0.25) is 0 Å². The molecule has 1 aliphatic heterocycles. The van der Waals surface area contributed by atoms with Gasteiger partial charge in [0.2, 0.25) is 0 Å². The zero-order valence-corrected chi connectivity index (χ0v) is 15.0. The van der Waals surface area contributed by atoms with Gasteiger partial charge in [0, 0.05) is 31.3 Å². The van der Waals surface area contributed by atoms with Crippen LogP contribution in [-0.2, 0) is 4.74 Å². The van der Waals surface area contributed by atoms with Gasteiger partial charge in [0.25, 0.3) is 0 Å². The fraction of sp³-hybridized carbons (Fsp3) is 0.286. The summed E-state index contributed by atoms with van der Waals surface area (Å²) in [5.41, 5.74) is 2.75. The first-order chi connectivity index (χ1) is 13.2. The Kier molecular flexibility index (Phi) is 4.73. The maximum absolute atomic E-state index is 13.0. The first kappa shape index (κ1) is 17.4. The summed E-state index contributed by atoms with van der Waals surface area (Å²) in [5, 5.41) is 2.85. The molecule has 6 heteroatoms. The van der Waals surface area contributed by atoms with Crippen molar-refractivity contribution in [3.05, 3.63) is 65.2 Å². The third-order valence-corrected chi connectivity index (χ3v) is 4.86. The number of rotatable bonds is 6. The molecule has 138 valence electrons. The highest BCUT2D eigenvalue weighted by atomic mass is 16.5. The molecule has 2 atom stereocenters.